The van der Waals surface area contributed by atoms with E-state index in [-0.39, 0.29) is 5.56 Å². The first-order valence-corrected chi connectivity index (χ1v) is 8.13. The van der Waals surface area contributed by atoms with Crippen molar-refractivity contribution in [1.82, 2.24) is 20.2 Å². The molecule has 3 heterocycles. The zero-order valence-corrected chi connectivity index (χ0v) is 13.8. The number of fused-ring (bicyclic) bond motifs is 1. The Morgan fingerprint density at radius 1 is 1.08 bits per heavy atom. The highest BCUT2D eigenvalue weighted by atomic mass is 16.1. The standard InChI is InChI=1S/C17H20N6O/c1-11-4-3-5-14(12(11)2)22-6-8-23(9-7-22)17-19-15-13(10-18-21-15)16(24)20-17/h3-5,10H,6-9H2,1-2H3,(H2,18,19,20,21,24). The molecule has 24 heavy (non-hydrogen) atoms. The molecule has 124 valence electrons. The fourth-order valence-corrected chi connectivity index (χ4v) is 3.22. The van der Waals surface area contributed by atoms with Crippen LogP contribution >= 0.6 is 0 Å². The Morgan fingerprint density at radius 2 is 1.83 bits per heavy atom. The van der Waals surface area contributed by atoms with Crippen molar-refractivity contribution >= 4 is 22.7 Å². The smallest absolute Gasteiger partial charge is 0.263 e. The second-order valence-electron chi connectivity index (χ2n) is 6.21. The first kappa shape index (κ1) is 14.7. The molecule has 0 radical (unpaired) electrons. The number of hydrogen-bond donors (Lipinski definition) is 2. The average molecular weight is 324 g/mol. The summed E-state index contributed by atoms with van der Waals surface area (Å²) in [5, 5.41) is 7.15. The molecule has 1 aliphatic rings. The van der Waals surface area contributed by atoms with Gasteiger partial charge in [0.25, 0.3) is 5.56 Å². The third-order valence-electron chi connectivity index (χ3n) is 4.80. The van der Waals surface area contributed by atoms with Crippen LogP contribution in [0.3, 0.4) is 0 Å². The van der Waals surface area contributed by atoms with Gasteiger partial charge in [0.15, 0.2) is 5.65 Å². The monoisotopic (exact) mass is 324 g/mol. The van der Waals surface area contributed by atoms with Crippen LogP contribution in [-0.2, 0) is 0 Å². The maximum atomic E-state index is 12.1. The number of nitrogens with zero attached hydrogens (tertiary/aromatic N) is 4. The molecule has 1 aliphatic heterocycles. The summed E-state index contributed by atoms with van der Waals surface area (Å²) in [4.78, 5) is 23.9. The molecule has 7 heteroatoms. The van der Waals surface area contributed by atoms with Crippen molar-refractivity contribution < 1.29 is 0 Å². The zero-order chi connectivity index (χ0) is 16.7. The van der Waals surface area contributed by atoms with Crippen molar-refractivity contribution in [3.05, 3.63) is 45.9 Å². The molecule has 4 rings (SSSR count). The number of rotatable bonds is 2. The van der Waals surface area contributed by atoms with Gasteiger partial charge in [0.2, 0.25) is 5.95 Å². The Balaban J connectivity index is 1.55. The summed E-state index contributed by atoms with van der Waals surface area (Å²) < 4.78 is 0. The number of aromatic nitrogens is 4. The maximum Gasteiger partial charge on any atom is 0.263 e. The number of nitrogens with one attached hydrogen (secondary N) is 2. The van der Waals surface area contributed by atoms with Crippen molar-refractivity contribution in [3.8, 4) is 0 Å². The minimum Gasteiger partial charge on any atom is -0.368 e. The Bertz CT molecular complexity index is 936. The lowest BCUT2D eigenvalue weighted by Gasteiger charge is -2.37. The normalized spacial score (nSPS) is 15.2. The molecule has 0 bridgehead atoms. The summed E-state index contributed by atoms with van der Waals surface area (Å²) in [6.45, 7) is 7.74. The van der Waals surface area contributed by atoms with Crippen LogP contribution in [0.4, 0.5) is 11.6 Å². The van der Waals surface area contributed by atoms with Gasteiger partial charge in [-0.2, -0.15) is 10.1 Å². The first-order valence-electron chi connectivity index (χ1n) is 8.13. The zero-order valence-electron chi connectivity index (χ0n) is 13.8. The molecule has 1 aromatic carbocycles. The fourth-order valence-electron chi connectivity index (χ4n) is 3.22. The third kappa shape index (κ3) is 2.42. The molecule has 0 unspecified atom stereocenters. The van der Waals surface area contributed by atoms with E-state index in [0.29, 0.717) is 17.0 Å². The van der Waals surface area contributed by atoms with Gasteiger partial charge < -0.3 is 9.80 Å². The minimum absolute atomic E-state index is 0.152. The lowest BCUT2D eigenvalue weighted by Crippen LogP contribution is -2.47. The topological polar surface area (TPSA) is 80.9 Å². The van der Waals surface area contributed by atoms with Crippen LogP contribution in [-0.4, -0.2) is 46.3 Å². The largest absolute Gasteiger partial charge is 0.368 e. The first-order chi connectivity index (χ1) is 11.6. The number of piperazine rings is 1. The molecule has 7 nitrogen and oxygen atoms in total. The summed E-state index contributed by atoms with van der Waals surface area (Å²) in [5.74, 6) is 0.609. The van der Waals surface area contributed by atoms with Crippen LogP contribution in [0.15, 0.2) is 29.2 Å². The van der Waals surface area contributed by atoms with Gasteiger partial charge in [-0.25, -0.2) is 0 Å². The number of anilines is 2. The van der Waals surface area contributed by atoms with E-state index in [2.05, 4.69) is 62.0 Å². The second kappa shape index (κ2) is 5.67. The molecule has 0 spiro atoms. The Kier molecular flexibility index (Phi) is 3.48. The van der Waals surface area contributed by atoms with E-state index in [1.165, 1.54) is 23.0 Å². The molecule has 2 N–H and O–H groups in total. The van der Waals surface area contributed by atoms with Crippen molar-refractivity contribution in [2.24, 2.45) is 0 Å². The van der Waals surface area contributed by atoms with Crippen molar-refractivity contribution in [2.45, 2.75) is 13.8 Å². The highest BCUT2D eigenvalue weighted by Gasteiger charge is 2.21. The van der Waals surface area contributed by atoms with Crippen LogP contribution < -0.4 is 15.4 Å². The summed E-state index contributed by atoms with van der Waals surface area (Å²) in [6.07, 6.45) is 1.50. The quantitative estimate of drug-likeness (QED) is 0.748. The summed E-state index contributed by atoms with van der Waals surface area (Å²) in [5.41, 5.74) is 4.31. The molecule has 1 fully saturated rings. The molecule has 0 saturated carbocycles. The van der Waals surface area contributed by atoms with Crippen LogP contribution in [0.25, 0.3) is 11.0 Å². The number of aromatic amines is 2. The minimum atomic E-state index is -0.152. The fraction of sp³-hybridized carbons (Fsp3) is 0.353. The van der Waals surface area contributed by atoms with Gasteiger partial charge in [-0.1, -0.05) is 12.1 Å². The highest BCUT2D eigenvalue weighted by molar-refractivity contribution is 5.73. The van der Waals surface area contributed by atoms with E-state index in [9.17, 15) is 4.79 Å². The summed E-state index contributed by atoms with van der Waals surface area (Å²) >= 11 is 0. The summed E-state index contributed by atoms with van der Waals surface area (Å²) in [7, 11) is 0. The number of H-pyrrole nitrogens is 2. The van der Waals surface area contributed by atoms with Crippen LogP contribution in [0.1, 0.15) is 11.1 Å². The molecular formula is C17H20N6O. The van der Waals surface area contributed by atoms with Crippen LogP contribution in [0.2, 0.25) is 0 Å². The van der Waals surface area contributed by atoms with Gasteiger partial charge in [-0.15, -0.1) is 0 Å². The molecule has 2 aromatic heterocycles. The van der Waals surface area contributed by atoms with Gasteiger partial charge in [0.1, 0.15) is 5.39 Å². The molecule has 0 aliphatic carbocycles. The Hall–Kier alpha value is -2.83. The van der Waals surface area contributed by atoms with E-state index >= 15 is 0 Å². The summed E-state index contributed by atoms with van der Waals surface area (Å²) in [6, 6.07) is 6.42. The number of aryl methyl sites for hydroxylation is 1. The van der Waals surface area contributed by atoms with E-state index in [0.717, 1.165) is 26.2 Å². The molecule has 0 amide bonds. The van der Waals surface area contributed by atoms with Crippen LogP contribution in [0.5, 0.6) is 0 Å². The molecule has 3 aromatic rings. The third-order valence-corrected chi connectivity index (χ3v) is 4.80. The lowest BCUT2D eigenvalue weighted by molar-refractivity contribution is 0.639. The highest BCUT2D eigenvalue weighted by Crippen LogP contribution is 2.24. The van der Waals surface area contributed by atoms with E-state index < -0.39 is 0 Å². The van der Waals surface area contributed by atoms with E-state index in [4.69, 9.17) is 0 Å². The van der Waals surface area contributed by atoms with Gasteiger partial charge >= 0.3 is 0 Å². The van der Waals surface area contributed by atoms with Gasteiger partial charge in [-0.3, -0.25) is 14.9 Å². The lowest BCUT2D eigenvalue weighted by atomic mass is 10.1. The van der Waals surface area contributed by atoms with Crippen molar-refractivity contribution in [1.29, 1.82) is 0 Å². The number of benzene rings is 1. The van der Waals surface area contributed by atoms with Gasteiger partial charge in [0, 0.05) is 31.9 Å². The predicted octanol–water partition coefficient (Wildman–Crippen LogP) is 1.59. The Morgan fingerprint density at radius 3 is 2.62 bits per heavy atom. The maximum absolute atomic E-state index is 12.1. The van der Waals surface area contributed by atoms with Crippen molar-refractivity contribution in [2.75, 3.05) is 36.0 Å². The Labute approximate surface area is 139 Å². The predicted molar refractivity (Wildman–Crippen MR) is 94.9 cm³/mol. The molecular weight excluding hydrogens is 304 g/mol. The van der Waals surface area contributed by atoms with Gasteiger partial charge in [0.05, 0.1) is 6.20 Å². The molecule has 1 saturated heterocycles. The average Bonchev–Trinajstić information content (AvgIpc) is 3.07. The van der Waals surface area contributed by atoms with Crippen molar-refractivity contribution in [3.63, 3.8) is 0 Å². The van der Waals surface area contributed by atoms with E-state index in [1.54, 1.807) is 0 Å². The second-order valence-corrected chi connectivity index (χ2v) is 6.21. The van der Waals surface area contributed by atoms with Crippen LogP contribution in [0, 0.1) is 13.8 Å². The molecule has 0 atom stereocenters. The SMILES string of the molecule is Cc1cccc(N2CCN(c3nc4[nH]ncc4c(=O)[nH]3)CC2)c1C. The van der Waals surface area contributed by atoms with E-state index in [1.807, 2.05) is 0 Å². The number of hydrogen-bond acceptors (Lipinski definition) is 5. The van der Waals surface area contributed by atoms with Gasteiger partial charge in [-0.05, 0) is 31.0 Å².